The van der Waals surface area contributed by atoms with Crippen molar-refractivity contribution in [3.8, 4) is 0 Å². The molecule has 0 radical (unpaired) electrons. The van der Waals surface area contributed by atoms with Crippen LogP contribution in [0.2, 0.25) is 0 Å². The molecule has 0 aliphatic carbocycles. The van der Waals surface area contributed by atoms with E-state index in [1.54, 1.807) is 13.8 Å². The van der Waals surface area contributed by atoms with Crippen LogP contribution in [0.25, 0.3) is 0 Å². The summed E-state index contributed by atoms with van der Waals surface area (Å²) in [5, 5.41) is 2.83. The molecule has 1 N–H and O–H groups in total. The minimum Gasteiger partial charge on any atom is -0.355 e. The largest absolute Gasteiger partial charge is 0.355 e. The normalized spacial score (nSPS) is 11.7. The first-order valence-corrected chi connectivity index (χ1v) is 11.5. The molecular formula is C23H32N2O3S. The number of rotatable bonds is 9. The first-order chi connectivity index (χ1) is 13.6. The molecule has 0 fully saturated rings. The fourth-order valence-electron chi connectivity index (χ4n) is 3.45. The average Bonchev–Trinajstić information content (AvgIpc) is 2.62. The molecule has 5 nitrogen and oxygen atoms in total. The van der Waals surface area contributed by atoms with Gasteiger partial charge in [-0.15, -0.1) is 0 Å². The number of amides is 1. The Labute approximate surface area is 175 Å². The molecule has 0 bridgehead atoms. The molecule has 0 unspecified atom stereocenters. The summed E-state index contributed by atoms with van der Waals surface area (Å²) < 4.78 is 28.4. The zero-order valence-corrected chi connectivity index (χ0v) is 18.9. The molecule has 0 saturated carbocycles. The summed E-state index contributed by atoms with van der Waals surface area (Å²) in [7, 11) is -3.84. The van der Waals surface area contributed by atoms with Gasteiger partial charge in [0.05, 0.1) is 11.4 Å². The van der Waals surface area contributed by atoms with E-state index in [2.05, 4.69) is 5.32 Å². The molecule has 0 saturated heterocycles. The summed E-state index contributed by atoms with van der Waals surface area (Å²) in [4.78, 5) is 12.7. The van der Waals surface area contributed by atoms with Crippen molar-refractivity contribution in [2.75, 3.05) is 13.1 Å². The van der Waals surface area contributed by atoms with E-state index in [4.69, 9.17) is 0 Å². The van der Waals surface area contributed by atoms with Crippen LogP contribution in [0.15, 0.2) is 41.3 Å². The van der Waals surface area contributed by atoms with Crippen LogP contribution in [0.4, 0.5) is 0 Å². The highest BCUT2D eigenvalue weighted by atomic mass is 32.2. The van der Waals surface area contributed by atoms with Crippen LogP contribution in [-0.2, 0) is 21.4 Å². The second-order valence-corrected chi connectivity index (χ2v) is 9.56. The second kappa shape index (κ2) is 10.0. The van der Waals surface area contributed by atoms with E-state index < -0.39 is 10.0 Å². The smallest absolute Gasteiger partial charge is 0.244 e. The van der Waals surface area contributed by atoms with Crippen molar-refractivity contribution in [2.45, 2.75) is 58.9 Å². The summed E-state index contributed by atoms with van der Waals surface area (Å²) >= 11 is 0. The highest BCUT2D eigenvalue weighted by molar-refractivity contribution is 7.89. The summed E-state index contributed by atoms with van der Waals surface area (Å²) in [5.74, 6) is -0.281. The molecule has 6 heteroatoms. The lowest BCUT2D eigenvalue weighted by atomic mass is 10.1. The lowest BCUT2D eigenvalue weighted by Gasteiger charge is -2.24. The maximum atomic E-state index is 13.6. The van der Waals surface area contributed by atoms with E-state index in [-0.39, 0.29) is 23.9 Å². The van der Waals surface area contributed by atoms with Gasteiger partial charge in [0.1, 0.15) is 0 Å². The SMILES string of the molecule is CCCCNC(=O)CN(Cc1ccc(C)cc1)S(=O)(=O)c1c(C)cc(C)cc1C. The van der Waals surface area contributed by atoms with Gasteiger partial charge in [0, 0.05) is 13.1 Å². The van der Waals surface area contributed by atoms with Crippen molar-refractivity contribution in [2.24, 2.45) is 0 Å². The number of hydrogen-bond donors (Lipinski definition) is 1. The Hall–Kier alpha value is -2.18. The molecule has 0 spiro atoms. The number of nitrogens with one attached hydrogen (secondary N) is 1. The molecule has 1 amide bonds. The van der Waals surface area contributed by atoms with Crippen LogP contribution in [0.1, 0.15) is 47.6 Å². The molecule has 2 aromatic carbocycles. The number of nitrogens with zero attached hydrogens (tertiary/aromatic N) is 1. The Morgan fingerprint density at radius 2 is 1.55 bits per heavy atom. The first-order valence-electron chi connectivity index (χ1n) is 10.1. The van der Waals surface area contributed by atoms with Crippen LogP contribution in [0, 0.1) is 27.7 Å². The molecule has 158 valence electrons. The van der Waals surface area contributed by atoms with Gasteiger partial charge in [-0.05, 0) is 50.8 Å². The molecule has 0 heterocycles. The highest BCUT2D eigenvalue weighted by Gasteiger charge is 2.29. The molecule has 29 heavy (non-hydrogen) atoms. The van der Waals surface area contributed by atoms with E-state index in [1.165, 1.54) is 4.31 Å². The van der Waals surface area contributed by atoms with Gasteiger partial charge in [0.25, 0.3) is 0 Å². The lowest BCUT2D eigenvalue weighted by Crippen LogP contribution is -2.41. The third-order valence-corrected chi connectivity index (χ3v) is 6.95. The van der Waals surface area contributed by atoms with Gasteiger partial charge in [0.2, 0.25) is 15.9 Å². The average molecular weight is 417 g/mol. The lowest BCUT2D eigenvalue weighted by molar-refractivity contribution is -0.121. The van der Waals surface area contributed by atoms with E-state index in [9.17, 15) is 13.2 Å². The van der Waals surface area contributed by atoms with Crippen molar-refractivity contribution in [1.29, 1.82) is 0 Å². The molecule has 0 atom stereocenters. The maximum Gasteiger partial charge on any atom is 0.244 e. The number of aryl methyl sites for hydroxylation is 4. The minimum absolute atomic E-state index is 0.149. The molecule has 0 aliphatic rings. The summed E-state index contributed by atoms with van der Waals surface area (Å²) in [6.45, 7) is 10.1. The number of unbranched alkanes of at least 4 members (excludes halogenated alkanes) is 1. The topological polar surface area (TPSA) is 66.5 Å². The number of sulfonamides is 1. The Morgan fingerprint density at radius 3 is 2.10 bits per heavy atom. The van der Waals surface area contributed by atoms with Gasteiger partial charge < -0.3 is 5.32 Å². The van der Waals surface area contributed by atoms with Crippen LogP contribution in [-0.4, -0.2) is 31.7 Å². The van der Waals surface area contributed by atoms with Gasteiger partial charge in [-0.3, -0.25) is 4.79 Å². The van der Waals surface area contributed by atoms with Crippen LogP contribution >= 0.6 is 0 Å². The van der Waals surface area contributed by atoms with Gasteiger partial charge in [-0.1, -0.05) is 60.9 Å². The second-order valence-electron chi connectivity index (χ2n) is 7.69. The number of carbonyl (C=O) groups is 1. The first kappa shape index (κ1) is 23.1. The predicted molar refractivity (Wildman–Crippen MR) is 117 cm³/mol. The van der Waals surface area contributed by atoms with Crippen molar-refractivity contribution in [3.05, 3.63) is 64.2 Å². The van der Waals surface area contributed by atoms with Crippen LogP contribution < -0.4 is 5.32 Å². The predicted octanol–water partition coefficient (Wildman–Crippen LogP) is 4.03. The molecule has 0 aromatic heterocycles. The Morgan fingerprint density at radius 1 is 0.966 bits per heavy atom. The van der Waals surface area contributed by atoms with Gasteiger partial charge in [-0.25, -0.2) is 8.42 Å². The van der Waals surface area contributed by atoms with Gasteiger partial charge >= 0.3 is 0 Å². The molecular weight excluding hydrogens is 384 g/mol. The van der Waals surface area contributed by atoms with Crippen molar-refractivity contribution < 1.29 is 13.2 Å². The summed E-state index contributed by atoms with van der Waals surface area (Å²) in [6, 6.07) is 11.4. The van der Waals surface area contributed by atoms with Crippen molar-refractivity contribution in [3.63, 3.8) is 0 Å². The Balaban J connectivity index is 2.39. The Kier molecular flexibility index (Phi) is 7.99. The molecule has 0 aliphatic heterocycles. The van der Waals surface area contributed by atoms with Crippen molar-refractivity contribution in [1.82, 2.24) is 9.62 Å². The van der Waals surface area contributed by atoms with E-state index in [0.717, 1.165) is 29.5 Å². The zero-order valence-electron chi connectivity index (χ0n) is 18.1. The number of carbonyl (C=O) groups excluding carboxylic acids is 1. The number of hydrogen-bond acceptors (Lipinski definition) is 3. The third-order valence-electron chi connectivity index (χ3n) is 4.85. The third kappa shape index (κ3) is 6.15. The van der Waals surface area contributed by atoms with Crippen molar-refractivity contribution >= 4 is 15.9 Å². The van der Waals surface area contributed by atoms with Gasteiger partial charge in [-0.2, -0.15) is 4.31 Å². The standard InChI is InChI=1S/C23H32N2O3S/c1-6-7-12-24-22(26)16-25(15-21-10-8-17(2)9-11-21)29(27,28)23-19(4)13-18(3)14-20(23)5/h8-11,13-14H,6-7,12,15-16H2,1-5H3,(H,24,26). The van der Waals surface area contributed by atoms with Crippen LogP contribution in [0.5, 0.6) is 0 Å². The van der Waals surface area contributed by atoms with E-state index in [1.807, 2.05) is 57.2 Å². The summed E-state index contributed by atoms with van der Waals surface area (Å²) in [5.41, 5.74) is 4.36. The maximum absolute atomic E-state index is 13.6. The quantitative estimate of drug-likeness (QED) is 0.628. The highest BCUT2D eigenvalue weighted by Crippen LogP contribution is 2.26. The summed E-state index contributed by atoms with van der Waals surface area (Å²) in [6.07, 6.45) is 1.83. The fraction of sp³-hybridized carbons (Fsp3) is 0.435. The minimum atomic E-state index is -3.84. The molecule has 2 rings (SSSR count). The zero-order chi connectivity index (χ0) is 21.6. The molecule has 2 aromatic rings. The van der Waals surface area contributed by atoms with Crippen LogP contribution in [0.3, 0.4) is 0 Å². The van der Waals surface area contributed by atoms with E-state index in [0.29, 0.717) is 17.7 Å². The monoisotopic (exact) mass is 416 g/mol. The fourth-order valence-corrected chi connectivity index (χ4v) is 5.24. The van der Waals surface area contributed by atoms with Gasteiger partial charge in [0.15, 0.2) is 0 Å². The Bertz CT molecular complexity index is 928. The van der Waals surface area contributed by atoms with E-state index >= 15 is 0 Å². The number of benzene rings is 2.